The topological polar surface area (TPSA) is 97.3 Å². The van der Waals surface area contributed by atoms with Crippen LogP contribution in [0.2, 0.25) is 0 Å². The van der Waals surface area contributed by atoms with E-state index in [-0.39, 0.29) is 0 Å². The lowest BCUT2D eigenvalue weighted by atomic mass is 10.2. The first-order valence-electron chi connectivity index (χ1n) is 8.50. The quantitative estimate of drug-likeness (QED) is 0.508. The van der Waals surface area contributed by atoms with Crippen molar-refractivity contribution in [2.24, 2.45) is 5.10 Å². The van der Waals surface area contributed by atoms with Gasteiger partial charge >= 0.3 is 0 Å². The van der Waals surface area contributed by atoms with Gasteiger partial charge in [0.2, 0.25) is 10.0 Å². The van der Waals surface area contributed by atoms with Crippen LogP contribution in [0.15, 0.2) is 53.6 Å². The maximum atomic E-state index is 12.2. The molecule has 28 heavy (non-hydrogen) atoms. The molecule has 0 atom stereocenters. The minimum atomic E-state index is -3.65. The number of nitrogens with zero attached hydrogens (tertiary/aromatic N) is 2. The van der Waals surface area contributed by atoms with Gasteiger partial charge in [-0.2, -0.15) is 5.10 Å². The second-order valence-corrected chi connectivity index (χ2v) is 7.67. The average Bonchev–Trinajstić information content (AvgIpc) is 2.67. The standard InChI is InChI=1S/C19H23N3O5S/c1-4-27-18-9-5-15(6-10-18)13-20-21-19(23)14-22(28(3,24)25)16-7-11-17(26-2)12-8-16/h5-13H,4,14H2,1-3H3,(H,21,23)/b20-13-. The highest BCUT2D eigenvalue weighted by atomic mass is 32.2. The van der Waals surface area contributed by atoms with Crippen molar-refractivity contribution < 1.29 is 22.7 Å². The number of ether oxygens (including phenoxy) is 2. The molecule has 0 aliphatic carbocycles. The van der Waals surface area contributed by atoms with Crippen LogP contribution in [0.4, 0.5) is 5.69 Å². The van der Waals surface area contributed by atoms with Crippen LogP contribution in [0.1, 0.15) is 12.5 Å². The molecule has 1 N–H and O–H groups in total. The van der Waals surface area contributed by atoms with Gasteiger partial charge in [0.05, 0.1) is 31.9 Å². The number of anilines is 1. The van der Waals surface area contributed by atoms with Gasteiger partial charge in [-0.3, -0.25) is 9.10 Å². The lowest BCUT2D eigenvalue weighted by Crippen LogP contribution is -2.39. The Bertz CT molecular complexity index is 910. The molecule has 9 heteroatoms. The molecule has 0 unspecified atom stereocenters. The van der Waals surface area contributed by atoms with Gasteiger partial charge in [-0.25, -0.2) is 13.8 Å². The zero-order valence-electron chi connectivity index (χ0n) is 16.0. The van der Waals surface area contributed by atoms with Gasteiger partial charge in [0.25, 0.3) is 5.91 Å². The highest BCUT2D eigenvalue weighted by molar-refractivity contribution is 7.92. The normalized spacial score (nSPS) is 11.2. The second-order valence-electron chi connectivity index (χ2n) is 5.76. The summed E-state index contributed by atoms with van der Waals surface area (Å²) in [6.45, 7) is 2.08. The van der Waals surface area contributed by atoms with E-state index in [1.807, 2.05) is 6.92 Å². The number of nitrogens with one attached hydrogen (secondary N) is 1. The van der Waals surface area contributed by atoms with Crippen LogP contribution in [0, 0.1) is 0 Å². The Kier molecular flexibility index (Phi) is 7.39. The summed E-state index contributed by atoms with van der Waals surface area (Å²) in [5.41, 5.74) is 3.45. The van der Waals surface area contributed by atoms with E-state index < -0.39 is 22.5 Å². The Morgan fingerprint density at radius 2 is 1.71 bits per heavy atom. The largest absolute Gasteiger partial charge is 0.497 e. The third-order valence-corrected chi connectivity index (χ3v) is 4.78. The van der Waals surface area contributed by atoms with E-state index in [1.54, 1.807) is 48.5 Å². The molecule has 0 saturated carbocycles. The van der Waals surface area contributed by atoms with Crippen molar-refractivity contribution in [1.29, 1.82) is 0 Å². The second kappa shape index (κ2) is 9.75. The van der Waals surface area contributed by atoms with Crippen LogP contribution in [0.5, 0.6) is 11.5 Å². The maximum absolute atomic E-state index is 12.2. The smallest absolute Gasteiger partial charge is 0.260 e. The number of carbonyl (C=O) groups is 1. The summed E-state index contributed by atoms with van der Waals surface area (Å²) in [4.78, 5) is 12.2. The molecule has 2 aromatic carbocycles. The number of benzene rings is 2. The molecule has 0 aromatic heterocycles. The van der Waals surface area contributed by atoms with E-state index in [1.165, 1.54) is 13.3 Å². The molecule has 0 saturated heterocycles. The van der Waals surface area contributed by atoms with E-state index in [4.69, 9.17) is 9.47 Å². The monoisotopic (exact) mass is 405 g/mol. The molecule has 2 aromatic rings. The van der Waals surface area contributed by atoms with E-state index in [0.717, 1.165) is 21.9 Å². The van der Waals surface area contributed by atoms with Gasteiger partial charge in [-0.1, -0.05) is 0 Å². The summed E-state index contributed by atoms with van der Waals surface area (Å²) < 4.78 is 35.5. The van der Waals surface area contributed by atoms with Gasteiger partial charge in [0.15, 0.2) is 0 Å². The Hall–Kier alpha value is -3.07. The highest BCUT2D eigenvalue weighted by Crippen LogP contribution is 2.21. The number of hydrogen-bond donors (Lipinski definition) is 1. The van der Waals surface area contributed by atoms with Crippen molar-refractivity contribution in [2.45, 2.75) is 6.92 Å². The summed E-state index contributed by atoms with van der Waals surface area (Å²) in [5.74, 6) is 0.761. The SMILES string of the molecule is CCOc1ccc(/C=N\NC(=O)CN(c2ccc(OC)cc2)S(C)(=O)=O)cc1. The van der Waals surface area contributed by atoms with Crippen LogP contribution in [-0.2, 0) is 14.8 Å². The number of rotatable bonds is 9. The molecule has 150 valence electrons. The number of hydrogen-bond acceptors (Lipinski definition) is 6. The van der Waals surface area contributed by atoms with Gasteiger partial charge in [-0.05, 0) is 61.0 Å². The number of amides is 1. The Morgan fingerprint density at radius 1 is 1.11 bits per heavy atom. The molecule has 1 amide bonds. The zero-order valence-corrected chi connectivity index (χ0v) is 16.8. The molecule has 0 bridgehead atoms. The lowest BCUT2D eigenvalue weighted by Gasteiger charge is -2.21. The van der Waals surface area contributed by atoms with Crippen LogP contribution in [-0.4, -0.2) is 47.1 Å². The Morgan fingerprint density at radius 3 is 2.25 bits per heavy atom. The van der Waals surface area contributed by atoms with Crippen LogP contribution >= 0.6 is 0 Å². The summed E-state index contributed by atoms with van der Waals surface area (Å²) in [6.07, 6.45) is 2.50. The van der Waals surface area contributed by atoms with E-state index in [2.05, 4.69) is 10.5 Å². The predicted molar refractivity (Wildman–Crippen MR) is 109 cm³/mol. The Balaban J connectivity index is 2.01. The first-order valence-corrected chi connectivity index (χ1v) is 10.3. The molecule has 0 fully saturated rings. The highest BCUT2D eigenvalue weighted by Gasteiger charge is 2.20. The van der Waals surface area contributed by atoms with Gasteiger partial charge in [-0.15, -0.1) is 0 Å². The average molecular weight is 405 g/mol. The molecule has 0 spiro atoms. The van der Waals surface area contributed by atoms with E-state index in [0.29, 0.717) is 18.0 Å². The molecular formula is C19H23N3O5S. The molecule has 0 heterocycles. The molecule has 0 radical (unpaired) electrons. The first kappa shape index (κ1) is 21.2. The van der Waals surface area contributed by atoms with Crippen molar-refractivity contribution in [3.63, 3.8) is 0 Å². The summed E-state index contributed by atoms with van der Waals surface area (Å²) >= 11 is 0. The number of sulfonamides is 1. The van der Waals surface area contributed by atoms with E-state index >= 15 is 0 Å². The molecule has 8 nitrogen and oxygen atoms in total. The lowest BCUT2D eigenvalue weighted by molar-refractivity contribution is -0.119. The fourth-order valence-corrected chi connectivity index (χ4v) is 3.17. The van der Waals surface area contributed by atoms with Crippen molar-refractivity contribution >= 4 is 27.8 Å². The van der Waals surface area contributed by atoms with Gasteiger partial charge in [0.1, 0.15) is 18.0 Å². The minimum Gasteiger partial charge on any atom is -0.497 e. The minimum absolute atomic E-state index is 0.356. The number of methoxy groups -OCH3 is 1. The summed E-state index contributed by atoms with van der Waals surface area (Å²) in [5, 5.41) is 3.87. The maximum Gasteiger partial charge on any atom is 0.260 e. The third kappa shape index (κ3) is 6.27. The molecule has 0 aliphatic heterocycles. The fourth-order valence-electron chi connectivity index (χ4n) is 2.31. The number of carbonyl (C=O) groups excluding carboxylic acids is 1. The van der Waals surface area contributed by atoms with Crippen LogP contribution < -0.4 is 19.2 Å². The van der Waals surface area contributed by atoms with Gasteiger partial charge < -0.3 is 9.47 Å². The van der Waals surface area contributed by atoms with Crippen LogP contribution in [0.25, 0.3) is 0 Å². The van der Waals surface area contributed by atoms with Crippen LogP contribution in [0.3, 0.4) is 0 Å². The van der Waals surface area contributed by atoms with Crippen molar-refractivity contribution in [1.82, 2.24) is 5.43 Å². The van der Waals surface area contributed by atoms with Crippen molar-refractivity contribution in [2.75, 3.05) is 30.8 Å². The van der Waals surface area contributed by atoms with E-state index in [9.17, 15) is 13.2 Å². The zero-order chi connectivity index (χ0) is 20.6. The first-order chi connectivity index (χ1) is 13.3. The number of hydrazone groups is 1. The van der Waals surface area contributed by atoms with Crippen molar-refractivity contribution in [3.8, 4) is 11.5 Å². The van der Waals surface area contributed by atoms with Crippen molar-refractivity contribution in [3.05, 3.63) is 54.1 Å². The molecule has 2 rings (SSSR count). The summed E-state index contributed by atoms with van der Waals surface area (Å²) in [6, 6.07) is 13.5. The Labute approximate surface area is 164 Å². The molecule has 0 aliphatic rings. The fraction of sp³-hybridized carbons (Fsp3) is 0.263. The third-order valence-electron chi connectivity index (χ3n) is 3.64. The molecular weight excluding hydrogens is 382 g/mol. The predicted octanol–water partition coefficient (Wildman–Crippen LogP) is 2.01. The van der Waals surface area contributed by atoms with Gasteiger partial charge in [0, 0.05) is 0 Å². The summed E-state index contributed by atoms with van der Waals surface area (Å²) in [7, 11) is -2.14.